The predicted octanol–water partition coefficient (Wildman–Crippen LogP) is 2.12. The van der Waals surface area contributed by atoms with Crippen LogP contribution in [0.15, 0.2) is 52.3 Å². The smallest absolute Gasteiger partial charge is 0.211 e. The SMILES string of the molecule is CCNS(=O)(=O)c1ccc(CCNS(=O)(=O)c2ccc(C)cc2C)cc1. The third-order valence-electron chi connectivity index (χ3n) is 3.89. The van der Waals surface area contributed by atoms with Gasteiger partial charge in [0.25, 0.3) is 0 Å². The first-order chi connectivity index (χ1) is 12.2. The van der Waals surface area contributed by atoms with E-state index in [0.29, 0.717) is 18.5 Å². The highest BCUT2D eigenvalue weighted by Gasteiger charge is 2.16. The van der Waals surface area contributed by atoms with E-state index in [4.69, 9.17) is 0 Å². The third kappa shape index (κ3) is 5.14. The first-order valence-corrected chi connectivity index (χ1v) is 11.3. The highest BCUT2D eigenvalue weighted by Crippen LogP contribution is 2.16. The van der Waals surface area contributed by atoms with Crippen LogP contribution >= 0.6 is 0 Å². The number of benzene rings is 2. The highest BCUT2D eigenvalue weighted by atomic mass is 32.2. The first-order valence-electron chi connectivity index (χ1n) is 8.31. The van der Waals surface area contributed by atoms with Gasteiger partial charge < -0.3 is 0 Å². The first kappa shape index (κ1) is 20.6. The van der Waals surface area contributed by atoms with E-state index in [-0.39, 0.29) is 16.3 Å². The van der Waals surface area contributed by atoms with Crippen LogP contribution in [0.5, 0.6) is 0 Å². The van der Waals surface area contributed by atoms with Crippen molar-refractivity contribution in [2.45, 2.75) is 37.0 Å². The van der Waals surface area contributed by atoms with Crippen LogP contribution in [0, 0.1) is 13.8 Å². The maximum atomic E-state index is 12.4. The second kappa shape index (κ2) is 8.30. The molecule has 2 rings (SSSR count). The van der Waals surface area contributed by atoms with Gasteiger partial charge in [0, 0.05) is 13.1 Å². The van der Waals surface area contributed by atoms with Gasteiger partial charge in [0.15, 0.2) is 0 Å². The topological polar surface area (TPSA) is 92.3 Å². The average molecular weight is 397 g/mol. The minimum Gasteiger partial charge on any atom is -0.211 e. The number of hydrogen-bond acceptors (Lipinski definition) is 4. The zero-order chi connectivity index (χ0) is 19.4. The minimum absolute atomic E-state index is 0.193. The maximum absolute atomic E-state index is 12.4. The molecule has 142 valence electrons. The summed E-state index contributed by atoms with van der Waals surface area (Å²) >= 11 is 0. The number of aryl methyl sites for hydroxylation is 2. The Kier molecular flexibility index (Phi) is 6.57. The van der Waals surface area contributed by atoms with Crippen LogP contribution in [0.3, 0.4) is 0 Å². The van der Waals surface area contributed by atoms with E-state index in [2.05, 4.69) is 9.44 Å². The van der Waals surface area contributed by atoms with E-state index in [1.807, 2.05) is 13.0 Å². The zero-order valence-electron chi connectivity index (χ0n) is 15.1. The van der Waals surface area contributed by atoms with E-state index in [9.17, 15) is 16.8 Å². The van der Waals surface area contributed by atoms with Gasteiger partial charge >= 0.3 is 0 Å². The maximum Gasteiger partial charge on any atom is 0.240 e. The summed E-state index contributed by atoms with van der Waals surface area (Å²) in [5, 5.41) is 0. The zero-order valence-corrected chi connectivity index (χ0v) is 16.7. The van der Waals surface area contributed by atoms with Crippen molar-refractivity contribution in [1.29, 1.82) is 0 Å². The Labute approximate surface area is 155 Å². The summed E-state index contributed by atoms with van der Waals surface area (Å²) in [6.45, 7) is 5.95. The van der Waals surface area contributed by atoms with Crippen LogP contribution in [0.4, 0.5) is 0 Å². The van der Waals surface area contributed by atoms with Gasteiger partial charge in [0.1, 0.15) is 0 Å². The molecule has 6 nitrogen and oxygen atoms in total. The molecule has 0 heterocycles. The minimum atomic E-state index is -3.57. The molecule has 26 heavy (non-hydrogen) atoms. The fourth-order valence-electron chi connectivity index (χ4n) is 2.62. The quantitative estimate of drug-likeness (QED) is 0.715. The van der Waals surface area contributed by atoms with E-state index < -0.39 is 20.0 Å². The van der Waals surface area contributed by atoms with Crippen molar-refractivity contribution >= 4 is 20.0 Å². The Morgan fingerprint density at radius 3 is 2.08 bits per heavy atom. The summed E-state index contributed by atoms with van der Waals surface area (Å²) in [4.78, 5) is 0.467. The van der Waals surface area contributed by atoms with Crippen LogP contribution in [-0.4, -0.2) is 29.9 Å². The van der Waals surface area contributed by atoms with Crippen molar-refractivity contribution in [1.82, 2.24) is 9.44 Å². The lowest BCUT2D eigenvalue weighted by molar-refractivity contribution is 0.580. The predicted molar refractivity (Wildman–Crippen MR) is 102 cm³/mol. The van der Waals surface area contributed by atoms with Crippen molar-refractivity contribution in [2.24, 2.45) is 0 Å². The lowest BCUT2D eigenvalue weighted by atomic mass is 10.2. The van der Waals surface area contributed by atoms with Gasteiger partial charge in [-0.3, -0.25) is 0 Å². The average Bonchev–Trinajstić information content (AvgIpc) is 2.54. The van der Waals surface area contributed by atoms with Crippen LogP contribution < -0.4 is 9.44 Å². The molecule has 0 amide bonds. The third-order valence-corrected chi connectivity index (χ3v) is 7.08. The van der Waals surface area contributed by atoms with Crippen molar-refractivity contribution in [3.8, 4) is 0 Å². The molecule has 0 spiro atoms. The van der Waals surface area contributed by atoms with Gasteiger partial charge in [0.05, 0.1) is 9.79 Å². The molecule has 0 atom stereocenters. The molecule has 0 aliphatic carbocycles. The summed E-state index contributed by atoms with van der Waals surface area (Å²) in [6.07, 6.45) is 0.464. The molecule has 0 aliphatic heterocycles. The molecule has 0 bridgehead atoms. The van der Waals surface area contributed by atoms with Crippen LogP contribution in [0.25, 0.3) is 0 Å². The van der Waals surface area contributed by atoms with Crippen LogP contribution in [0.1, 0.15) is 23.6 Å². The van der Waals surface area contributed by atoms with Gasteiger partial charge in [-0.05, 0) is 49.6 Å². The monoisotopic (exact) mass is 396 g/mol. The summed E-state index contributed by atoms with van der Waals surface area (Å²) in [5.74, 6) is 0. The molecular weight excluding hydrogens is 372 g/mol. The van der Waals surface area contributed by atoms with Crippen molar-refractivity contribution in [3.63, 3.8) is 0 Å². The summed E-state index contributed by atoms with van der Waals surface area (Å²) in [7, 11) is -7.05. The highest BCUT2D eigenvalue weighted by molar-refractivity contribution is 7.89. The second-order valence-electron chi connectivity index (χ2n) is 6.06. The van der Waals surface area contributed by atoms with Gasteiger partial charge in [0.2, 0.25) is 20.0 Å². The number of hydrogen-bond donors (Lipinski definition) is 2. The van der Waals surface area contributed by atoms with E-state index in [1.54, 1.807) is 38.1 Å². The number of sulfonamides is 2. The molecule has 0 saturated carbocycles. The Bertz CT molecular complexity index is 967. The second-order valence-corrected chi connectivity index (χ2v) is 9.56. The normalized spacial score (nSPS) is 12.3. The Morgan fingerprint density at radius 2 is 1.50 bits per heavy atom. The standard InChI is InChI=1S/C18H24N2O4S2/c1-4-19-25(21,22)17-8-6-16(7-9-17)11-12-20-26(23,24)18-10-5-14(2)13-15(18)3/h5-10,13,19-20H,4,11-12H2,1-3H3. The molecule has 0 aliphatic rings. The molecule has 2 N–H and O–H groups in total. The van der Waals surface area contributed by atoms with E-state index >= 15 is 0 Å². The lowest BCUT2D eigenvalue weighted by Crippen LogP contribution is -2.26. The summed E-state index contributed by atoms with van der Waals surface area (Å²) in [5.41, 5.74) is 2.56. The fourth-order valence-corrected chi connectivity index (χ4v) is 4.91. The Hall–Kier alpha value is -1.74. The molecule has 0 unspecified atom stereocenters. The van der Waals surface area contributed by atoms with E-state index in [0.717, 1.165) is 11.1 Å². The number of rotatable bonds is 8. The van der Waals surface area contributed by atoms with Gasteiger partial charge in [-0.25, -0.2) is 26.3 Å². The lowest BCUT2D eigenvalue weighted by Gasteiger charge is -2.10. The van der Waals surface area contributed by atoms with Crippen molar-refractivity contribution < 1.29 is 16.8 Å². The van der Waals surface area contributed by atoms with Gasteiger partial charge in [-0.2, -0.15) is 0 Å². The van der Waals surface area contributed by atoms with Crippen molar-refractivity contribution in [3.05, 3.63) is 59.2 Å². The van der Waals surface area contributed by atoms with Crippen LogP contribution in [-0.2, 0) is 26.5 Å². The van der Waals surface area contributed by atoms with Gasteiger partial charge in [-0.1, -0.05) is 36.8 Å². The molecular formula is C18H24N2O4S2. The Morgan fingerprint density at radius 1 is 0.846 bits per heavy atom. The van der Waals surface area contributed by atoms with E-state index in [1.165, 1.54) is 12.1 Å². The molecule has 2 aromatic rings. The molecule has 0 radical (unpaired) electrons. The molecule has 0 saturated heterocycles. The van der Waals surface area contributed by atoms with Crippen molar-refractivity contribution in [2.75, 3.05) is 13.1 Å². The summed E-state index contributed by atoms with van der Waals surface area (Å²) in [6, 6.07) is 11.6. The fraction of sp³-hybridized carbons (Fsp3) is 0.333. The number of nitrogens with one attached hydrogen (secondary N) is 2. The molecule has 8 heteroatoms. The van der Waals surface area contributed by atoms with Gasteiger partial charge in [-0.15, -0.1) is 0 Å². The molecule has 0 fully saturated rings. The Balaban J connectivity index is 2.01. The molecule has 0 aromatic heterocycles. The summed E-state index contributed by atoms with van der Waals surface area (Å²) < 4.78 is 53.6. The molecule has 2 aromatic carbocycles. The van der Waals surface area contributed by atoms with Crippen LogP contribution in [0.2, 0.25) is 0 Å². The largest absolute Gasteiger partial charge is 0.240 e.